The molecule has 0 saturated carbocycles. The van der Waals surface area contributed by atoms with Crippen molar-refractivity contribution >= 4 is 5.57 Å². The van der Waals surface area contributed by atoms with E-state index in [9.17, 15) is 0 Å². The van der Waals surface area contributed by atoms with Gasteiger partial charge in [0.1, 0.15) is 0 Å². The second-order valence-electron chi connectivity index (χ2n) is 10.3. The van der Waals surface area contributed by atoms with Crippen LogP contribution in [-0.2, 0) is 6.42 Å². The zero-order chi connectivity index (χ0) is 24.2. The van der Waals surface area contributed by atoms with Gasteiger partial charge in [-0.3, -0.25) is 0 Å². The highest BCUT2D eigenvalue weighted by Gasteiger charge is 2.24. The van der Waals surface area contributed by atoms with Crippen LogP contribution < -0.4 is 0 Å². The summed E-state index contributed by atoms with van der Waals surface area (Å²) < 4.78 is 0. The maximum atomic E-state index is 2.60. The lowest BCUT2D eigenvalue weighted by Gasteiger charge is -2.29. The Kier molecular flexibility index (Phi) is 6.68. The smallest absolute Gasteiger partial charge is 0.00588 e. The van der Waals surface area contributed by atoms with Crippen molar-refractivity contribution in [2.45, 2.75) is 44.4 Å². The minimum absolute atomic E-state index is 0.430. The van der Waals surface area contributed by atoms with Crippen LogP contribution in [0, 0.1) is 5.92 Å². The highest BCUT2D eigenvalue weighted by atomic mass is 14.3. The summed E-state index contributed by atoms with van der Waals surface area (Å²) in [5.74, 6) is 0.902. The topological polar surface area (TPSA) is 0 Å². The molecule has 36 heavy (non-hydrogen) atoms. The molecule has 0 fully saturated rings. The number of benzene rings is 3. The largest absolute Gasteiger partial charge is 0.0882 e. The molecule has 2 atom stereocenters. The van der Waals surface area contributed by atoms with Gasteiger partial charge in [-0.2, -0.15) is 0 Å². The minimum atomic E-state index is 0.430. The Labute approximate surface area is 216 Å². The molecule has 0 radical (unpaired) electrons. The summed E-state index contributed by atoms with van der Waals surface area (Å²) in [7, 11) is 0. The van der Waals surface area contributed by atoms with Crippen LogP contribution in [0.1, 0.15) is 54.7 Å². The standard InChI is InChI=1S/C36H34/c1-2-5-15-29-22-23-34(26-36(29)35-21-9-8-16-28(35)14-4-1)33-20-11-19-32(25-33)31-18-10-17-30(24-31)27-12-6-3-7-13-27/h1,3-4,6-13,16-22,24,26,32,34H,2,5,14-15,23,25H2/b4-1-. The first-order valence-corrected chi connectivity index (χ1v) is 13.5. The molecule has 0 saturated heterocycles. The van der Waals surface area contributed by atoms with E-state index in [4.69, 9.17) is 0 Å². The normalized spacial score (nSPS) is 22.4. The molecule has 178 valence electrons. The van der Waals surface area contributed by atoms with Crippen molar-refractivity contribution in [1.29, 1.82) is 0 Å². The number of hydrogen-bond donors (Lipinski definition) is 0. The molecule has 0 amide bonds. The summed E-state index contributed by atoms with van der Waals surface area (Å²) in [6.07, 6.45) is 23.7. The molecule has 2 unspecified atom stereocenters. The highest BCUT2D eigenvalue weighted by molar-refractivity contribution is 5.82. The van der Waals surface area contributed by atoms with Crippen LogP contribution in [-0.4, -0.2) is 0 Å². The van der Waals surface area contributed by atoms with Gasteiger partial charge < -0.3 is 0 Å². The third-order valence-electron chi connectivity index (χ3n) is 7.97. The van der Waals surface area contributed by atoms with Crippen LogP contribution in [0.2, 0.25) is 0 Å². The second-order valence-corrected chi connectivity index (χ2v) is 10.3. The van der Waals surface area contributed by atoms with E-state index in [2.05, 4.69) is 121 Å². The van der Waals surface area contributed by atoms with Crippen LogP contribution in [0.3, 0.4) is 0 Å². The average Bonchev–Trinajstić information content (AvgIpc) is 2.96. The Morgan fingerprint density at radius 3 is 2.56 bits per heavy atom. The fraction of sp³-hybridized carbons (Fsp3) is 0.222. The van der Waals surface area contributed by atoms with Gasteiger partial charge in [0.25, 0.3) is 0 Å². The predicted molar refractivity (Wildman–Crippen MR) is 154 cm³/mol. The van der Waals surface area contributed by atoms with E-state index in [1.54, 1.807) is 11.1 Å². The molecule has 0 aromatic heterocycles. The van der Waals surface area contributed by atoms with E-state index < -0.39 is 0 Å². The van der Waals surface area contributed by atoms with Crippen molar-refractivity contribution in [3.63, 3.8) is 0 Å². The van der Waals surface area contributed by atoms with Crippen molar-refractivity contribution in [1.82, 2.24) is 0 Å². The maximum Gasteiger partial charge on any atom is 0.00588 e. The first kappa shape index (κ1) is 22.8. The molecule has 0 nitrogen and oxygen atoms in total. The zero-order valence-electron chi connectivity index (χ0n) is 20.9. The fourth-order valence-electron chi connectivity index (χ4n) is 6.00. The van der Waals surface area contributed by atoms with Gasteiger partial charge in [-0.1, -0.05) is 127 Å². The molecule has 3 aromatic rings. The van der Waals surface area contributed by atoms with Gasteiger partial charge in [0.15, 0.2) is 0 Å². The van der Waals surface area contributed by atoms with E-state index >= 15 is 0 Å². The van der Waals surface area contributed by atoms with Gasteiger partial charge in [0.05, 0.1) is 0 Å². The molecule has 6 rings (SSSR count). The van der Waals surface area contributed by atoms with Crippen molar-refractivity contribution in [3.8, 4) is 11.1 Å². The van der Waals surface area contributed by atoms with Crippen molar-refractivity contribution < 1.29 is 0 Å². The van der Waals surface area contributed by atoms with Crippen molar-refractivity contribution in [2.24, 2.45) is 5.92 Å². The summed E-state index contributed by atoms with van der Waals surface area (Å²) in [5, 5.41) is 0. The zero-order valence-corrected chi connectivity index (χ0v) is 20.9. The van der Waals surface area contributed by atoms with Crippen LogP contribution in [0.25, 0.3) is 16.7 Å². The number of fused-ring (bicyclic) bond motifs is 3. The summed E-state index contributed by atoms with van der Waals surface area (Å²) in [6.45, 7) is 0. The van der Waals surface area contributed by atoms with Crippen LogP contribution in [0.4, 0.5) is 0 Å². The van der Waals surface area contributed by atoms with Crippen molar-refractivity contribution in [2.75, 3.05) is 0 Å². The summed E-state index contributed by atoms with van der Waals surface area (Å²) in [5.41, 5.74) is 11.5. The third-order valence-corrected chi connectivity index (χ3v) is 7.97. The van der Waals surface area contributed by atoms with Gasteiger partial charge in [0.2, 0.25) is 0 Å². The third kappa shape index (κ3) is 4.86. The number of hydrogen-bond acceptors (Lipinski definition) is 0. The Hall–Kier alpha value is -3.64. The Bertz CT molecular complexity index is 1380. The van der Waals surface area contributed by atoms with Gasteiger partial charge in [0, 0.05) is 11.8 Å². The first-order valence-electron chi connectivity index (χ1n) is 13.5. The first-order chi connectivity index (χ1) is 17.8. The molecule has 0 N–H and O–H groups in total. The molecule has 3 aliphatic carbocycles. The average molecular weight is 467 g/mol. The molecular formula is C36H34. The summed E-state index contributed by atoms with van der Waals surface area (Å²) >= 11 is 0. The second kappa shape index (κ2) is 10.5. The number of allylic oxidation sites excluding steroid dienone is 10. The maximum absolute atomic E-state index is 2.60. The summed E-state index contributed by atoms with van der Waals surface area (Å²) in [4.78, 5) is 0. The number of rotatable bonds is 3. The lowest BCUT2D eigenvalue weighted by Crippen LogP contribution is -2.12. The molecule has 0 spiro atoms. The minimum Gasteiger partial charge on any atom is -0.0882 e. The molecule has 3 aliphatic rings. The van der Waals surface area contributed by atoms with Gasteiger partial charge in [-0.15, -0.1) is 0 Å². The SMILES string of the molecule is C1=CC(c2cccc(-c3ccccc3)c2)CC(C2C=C3C(=CC2)CCC/C=C\Cc2ccccc23)=C1. The molecule has 3 aromatic carbocycles. The van der Waals surface area contributed by atoms with Crippen LogP contribution in [0.15, 0.2) is 133 Å². The van der Waals surface area contributed by atoms with Gasteiger partial charge in [-0.05, 0) is 77.5 Å². The lowest BCUT2D eigenvalue weighted by atomic mass is 9.76. The Morgan fingerprint density at radius 2 is 1.61 bits per heavy atom. The van der Waals surface area contributed by atoms with Crippen LogP contribution in [0.5, 0.6) is 0 Å². The van der Waals surface area contributed by atoms with E-state index in [1.165, 1.54) is 52.7 Å². The molecule has 0 aliphatic heterocycles. The molecule has 0 heterocycles. The highest BCUT2D eigenvalue weighted by Crippen LogP contribution is 2.41. The Balaban J connectivity index is 1.28. The van der Waals surface area contributed by atoms with E-state index in [-0.39, 0.29) is 0 Å². The predicted octanol–water partition coefficient (Wildman–Crippen LogP) is 9.64. The van der Waals surface area contributed by atoms with E-state index in [0.717, 1.165) is 19.3 Å². The molecule has 0 heteroatoms. The fourth-order valence-corrected chi connectivity index (χ4v) is 6.00. The van der Waals surface area contributed by atoms with Gasteiger partial charge in [-0.25, -0.2) is 0 Å². The van der Waals surface area contributed by atoms with Gasteiger partial charge >= 0.3 is 0 Å². The molecular weight excluding hydrogens is 432 g/mol. The molecule has 0 bridgehead atoms. The summed E-state index contributed by atoms with van der Waals surface area (Å²) in [6, 6.07) is 28.9. The van der Waals surface area contributed by atoms with Crippen molar-refractivity contribution in [3.05, 3.63) is 149 Å². The van der Waals surface area contributed by atoms with Crippen LogP contribution >= 0.6 is 0 Å². The lowest BCUT2D eigenvalue weighted by molar-refractivity contribution is 0.670. The quantitative estimate of drug-likeness (QED) is 0.337. The van der Waals surface area contributed by atoms with E-state index in [0.29, 0.717) is 11.8 Å². The Morgan fingerprint density at radius 1 is 0.750 bits per heavy atom. The van der Waals surface area contributed by atoms with E-state index in [1.807, 2.05) is 0 Å². The monoisotopic (exact) mass is 466 g/mol.